The molecule has 2 aliphatic rings. The van der Waals surface area contributed by atoms with Gasteiger partial charge in [-0.25, -0.2) is 9.59 Å². The van der Waals surface area contributed by atoms with E-state index < -0.39 is 47.8 Å². The fourth-order valence-corrected chi connectivity index (χ4v) is 10.4. The van der Waals surface area contributed by atoms with Crippen molar-refractivity contribution < 1.29 is 52.6 Å². The molecule has 84 heavy (non-hydrogen) atoms. The molecule has 24 nitrogen and oxygen atoms in total. The number of likely N-dealkylation sites (N-methyl/N-ethyl adjacent to an activating group) is 1. The van der Waals surface area contributed by atoms with Crippen molar-refractivity contribution in [2.75, 3.05) is 107 Å². The zero-order chi connectivity index (χ0) is 60.3. The van der Waals surface area contributed by atoms with Crippen LogP contribution in [0.25, 0.3) is 21.7 Å². The maximum absolute atomic E-state index is 14.5. The van der Waals surface area contributed by atoms with Crippen molar-refractivity contribution in [1.82, 2.24) is 46.7 Å². The molecule has 25 heteroatoms. The zero-order valence-electron chi connectivity index (χ0n) is 47.8. The van der Waals surface area contributed by atoms with E-state index in [1.165, 1.54) is 12.1 Å². The van der Waals surface area contributed by atoms with Crippen molar-refractivity contribution in [3.05, 3.63) is 95.7 Å². The second-order valence-corrected chi connectivity index (χ2v) is 21.7. The first-order valence-corrected chi connectivity index (χ1v) is 29.4. The van der Waals surface area contributed by atoms with E-state index in [0.29, 0.717) is 77.3 Å². The first-order chi connectivity index (χ1) is 40.4. The second kappa shape index (κ2) is 31.0. The highest BCUT2D eigenvalue weighted by Crippen LogP contribution is 2.46. The number of aromatic amines is 1. The number of nitrogens with one attached hydrogen (secondary N) is 9. The number of aromatic nitrogens is 1. The van der Waals surface area contributed by atoms with Crippen LogP contribution in [-0.4, -0.2) is 171 Å². The normalized spacial score (nSPS) is 14.8. The van der Waals surface area contributed by atoms with Crippen LogP contribution in [0.1, 0.15) is 85.2 Å². The molecule has 1 aromatic heterocycles. The van der Waals surface area contributed by atoms with E-state index in [1.54, 1.807) is 66.1 Å². The quantitative estimate of drug-likeness (QED) is 0.0244. The summed E-state index contributed by atoms with van der Waals surface area (Å²) in [6.07, 6.45) is 1.25. The number of primary amides is 1. The van der Waals surface area contributed by atoms with Crippen LogP contribution in [-0.2, 0) is 28.7 Å². The fraction of sp³-hybridized carbons (Fsp3) is 0.441. The van der Waals surface area contributed by atoms with Gasteiger partial charge in [-0.05, 0) is 91.7 Å². The molecule has 10 amide bonds. The van der Waals surface area contributed by atoms with Crippen LogP contribution < -0.4 is 57.9 Å². The molecule has 0 saturated carbocycles. The third kappa shape index (κ3) is 17.7. The first kappa shape index (κ1) is 63.5. The summed E-state index contributed by atoms with van der Waals surface area (Å²) in [4.78, 5) is 126. The van der Waals surface area contributed by atoms with E-state index >= 15 is 0 Å². The molecule has 0 unspecified atom stereocenters. The van der Waals surface area contributed by atoms with Gasteiger partial charge in [0.2, 0.25) is 29.5 Å². The van der Waals surface area contributed by atoms with Gasteiger partial charge in [0.05, 0.1) is 31.5 Å². The molecule has 1 saturated heterocycles. The van der Waals surface area contributed by atoms with Gasteiger partial charge in [-0.1, -0.05) is 61.0 Å². The number of alkyl halides is 1. The Kier molecular flexibility index (Phi) is 23.4. The Balaban J connectivity index is 0.918. The number of benzene rings is 4. The van der Waals surface area contributed by atoms with Crippen LogP contribution in [0.2, 0.25) is 0 Å². The molecule has 0 bridgehead atoms. The van der Waals surface area contributed by atoms with Crippen molar-refractivity contribution in [2.45, 2.75) is 70.9 Å². The molecule has 450 valence electrons. The number of nitrogens with zero attached hydrogens (tertiary/aromatic N) is 3. The van der Waals surface area contributed by atoms with Gasteiger partial charge >= 0.3 is 12.1 Å². The van der Waals surface area contributed by atoms with Crippen molar-refractivity contribution >= 4 is 108 Å². The number of halogens is 1. The fourth-order valence-electron chi connectivity index (χ4n) is 9.85. The first-order valence-electron chi connectivity index (χ1n) is 28.3. The third-order valence-electron chi connectivity index (χ3n) is 14.4. The Morgan fingerprint density at radius 3 is 2.14 bits per heavy atom. The van der Waals surface area contributed by atoms with E-state index in [2.05, 4.69) is 68.3 Å². The summed E-state index contributed by atoms with van der Waals surface area (Å²) in [5.74, 6) is -2.54. The number of ether oxygens (including phenoxy) is 2. The van der Waals surface area contributed by atoms with Gasteiger partial charge < -0.3 is 72.1 Å². The van der Waals surface area contributed by atoms with Crippen molar-refractivity contribution in [1.29, 1.82) is 0 Å². The molecule has 1 fully saturated rings. The molecule has 7 rings (SSSR count). The number of anilines is 3. The number of fused-ring (bicyclic) bond motifs is 4. The van der Waals surface area contributed by atoms with E-state index in [-0.39, 0.29) is 93.8 Å². The van der Waals surface area contributed by atoms with Crippen molar-refractivity contribution in [3.8, 4) is 5.75 Å². The minimum Gasteiger partial charge on any atom is -0.409 e. The Bertz CT molecular complexity index is 3170. The molecule has 5 aromatic rings. The number of piperazine rings is 1. The molecule has 0 radical (unpaired) electrons. The van der Waals surface area contributed by atoms with Gasteiger partial charge in [-0.2, -0.15) is 0 Å². The predicted octanol–water partition coefficient (Wildman–Crippen LogP) is 4.50. The Labute approximate surface area is 495 Å². The van der Waals surface area contributed by atoms with Gasteiger partial charge in [0.15, 0.2) is 0 Å². The lowest BCUT2D eigenvalue weighted by molar-refractivity contribution is -0.129. The Morgan fingerprint density at radius 2 is 1.44 bits per heavy atom. The van der Waals surface area contributed by atoms with E-state index in [1.807, 2.05) is 38.2 Å². The minimum absolute atomic E-state index is 0.0357. The average Bonchev–Trinajstić information content (AvgIpc) is 3.28. The molecule has 0 aliphatic carbocycles. The summed E-state index contributed by atoms with van der Waals surface area (Å²) in [6.45, 7) is 9.47. The number of H-pyrrole nitrogens is 1. The van der Waals surface area contributed by atoms with Gasteiger partial charge in [0, 0.05) is 122 Å². The summed E-state index contributed by atoms with van der Waals surface area (Å²) < 4.78 is 11.5. The number of amides is 10. The number of hydrogen-bond acceptors (Lipinski definition) is 13. The third-order valence-corrected chi connectivity index (χ3v) is 15.1. The Hall–Kier alpha value is -8.13. The largest absolute Gasteiger partial charge is 0.415 e. The topological polar surface area (TPSA) is 320 Å². The number of hydrogen-bond donors (Lipinski definition) is 10. The van der Waals surface area contributed by atoms with E-state index in [9.17, 15) is 43.2 Å². The van der Waals surface area contributed by atoms with Crippen LogP contribution in [0.3, 0.4) is 0 Å². The van der Waals surface area contributed by atoms with Crippen LogP contribution in [0.5, 0.6) is 5.75 Å². The van der Waals surface area contributed by atoms with Crippen LogP contribution in [0.4, 0.5) is 26.7 Å². The molecule has 2 aliphatic heterocycles. The summed E-state index contributed by atoms with van der Waals surface area (Å²) in [7, 11) is 2.01. The molecule has 0 spiro atoms. The predicted molar refractivity (Wildman–Crippen MR) is 323 cm³/mol. The molecule has 3 heterocycles. The lowest BCUT2D eigenvalue weighted by Crippen LogP contribution is -2.55. The van der Waals surface area contributed by atoms with E-state index in [4.69, 9.17) is 15.2 Å². The monoisotopic (exact) mass is 1220 g/mol. The molecular formula is C59H76BrN13O11. The lowest BCUT2D eigenvalue weighted by Gasteiger charge is -2.31. The molecule has 3 atom stereocenters. The van der Waals surface area contributed by atoms with Crippen molar-refractivity contribution in [3.63, 3.8) is 0 Å². The number of rotatable bonds is 28. The SMILES string of the molecule is CCCC(=O)NCCOCCC(=O)NCCNC(=O)CN[C@H](C(=O)N[C@@H](CCCNC(N)=O)C(=O)Nc1ccc(C(=O)Nc2ccc3[nH]c(C(=O)N4C[C@@H](CBr)c5c4cc(OC(=O)N4CCN(C)CC4)c4ccccc54)cc3c2)cc1)C(C)C. The van der Waals surface area contributed by atoms with Crippen molar-refractivity contribution in [2.24, 2.45) is 11.7 Å². The summed E-state index contributed by atoms with van der Waals surface area (Å²) in [6, 6.07) is 20.0. The molecule has 4 aromatic carbocycles. The highest BCUT2D eigenvalue weighted by Gasteiger charge is 2.36. The lowest BCUT2D eigenvalue weighted by atomic mass is 9.95. The summed E-state index contributed by atoms with van der Waals surface area (Å²) >= 11 is 3.68. The van der Waals surface area contributed by atoms with Crippen LogP contribution in [0.15, 0.2) is 78.9 Å². The van der Waals surface area contributed by atoms with Crippen LogP contribution >= 0.6 is 15.9 Å². The van der Waals surface area contributed by atoms with Gasteiger partial charge in [0.1, 0.15) is 17.5 Å². The highest BCUT2D eigenvalue weighted by atomic mass is 79.9. The second-order valence-electron chi connectivity index (χ2n) is 21.0. The zero-order valence-corrected chi connectivity index (χ0v) is 49.4. The number of carbonyl (C=O) groups is 9. The number of carbonyl (C=O) groups excluding carboxylic acids is 9. The summed E-state index contributed by atoms with van der Waals surface area (Å²) in [5.41, 5.74) is 8.96. The smallest absolute Gasteiger partial charge is 0.409 e. The van der Waals surface area contributed by atoms with Gasteiger partial charge in [0.25, 0.3) is 11.8 Å². The summed E-state index contributed by atoms with van der Waals surface area (Å²) in [5, 5.41) is 25.0. The van der Waals surface area contributed by atoms with Gasteiger partial charge in [-0.3, -0.25) is 38.9 Å². The standard InChI is InChI=1S/C59H76BrN13O11/c1-5-9-49(74)64-23-29-83-28-19-50(75)62-21-22-63-51(76)34-66-53(36(2)3)56(79)70-45(12-8-20-65-58(61)81)55(78)67-40-15-13-37(14-16-40)54(77)68-41-17-18-44-38(30-41)31-46(69-44)57(80)73-35-39(33-60)52-43-11-7-6-10-42(43)48(32-47(52)73)84-59(82)72-26-24-71(4)25-27-72/h6-7,10-11,13-18,30-32,36,39,45,53,66,69H,5,8-9,12,19-29,33-35H2,1-4H3,(H,62,75)(H,63,76)(H,64,74)(H,67,78)(H,68,77)(H,70,79)(H3,61,65,81)/t39-,45+,53+/m1/s1. The van der Waals surface area contributed by atoms with Gasteiger partial charge in [-0.15, -0.1) is 0 Å². The maximum Gasteiger partial charge on any atom is 0.415 e. The molecular weight excluding hydrogens is 1150 g/mol. The highest BCUT2D eigenvalue weighted by molar-refractivity contribution is 9.09. The molecule has 11 N–H and O–H groups in total. The maximum atomic E-state index is 14.5. The Morgan fingerprint density at radius 1 is 0.750 bits per heavy atom. The average molecular weight is 1220 g/mol. The van der Waals surface area contributed by atoms with Crippen LogP contribution in [0, 0.1) is 5.92 Å². The number of nitrogens with two attached hydrogens (primary N) is 1. The minimum atomic E-state index is -1.08. The number of urea groups is 1. The van der Waals surface area contributed by atoms with E-state index in [0.717, 1.165) is 35.8 Å².